The third kappa shape index (κ3) is 2.86. The summed E-state index contributed by atoms with van der Waals surface area (Å²) in [5, 5.41) is 11.9. The van der Waals surface area contributed by atoms with E-state index >= 15 is 0 Å². The zero-order valence-electron chi connectivity index (χ0n) is 11.1. The maximum atomic E-state index is 12.1. The van der Waals surface area contributed by atoms with Crippen LogP contribution in [0.5, 0.6) is 0 Å². The molecule has 1 aliphatic heterocycles. The molecule has 5 heteroatoms. The summed E-state index contributed by atoms with van der Waals surface area (Å²) in [7, 11) is 0. The molecule has 1 fully saturated rings. The van der Waals surface area contributed by atoms with Crippen LogP contribution in [0.1, 0.15) is 24.0 Å². The molecule has 102 valence electrons. The first kappa shape index (κ1) is 13.4. The molecule has 2 rings (SSSR count). The minimum absolute atomic E-state index is 0.335. The molecular weight excluding hydrogens is 244 g/mol. The first-order chi connectivity index (χ1) is 8.99. The standard InChI is InChI=1S/C14H18N2O3/c1-9-5-6-10(2)11(8-9)15-14(19)16-7-3-4-12(16)13(17)18/h5-6,8,12H,3-4,7H2,1-2H3,(H,15,19)(H,17,18)/t12-/m1/s1. The van der Waals surface area contributed by atoms with Crippen molar-refractivity contribution in [3.8, 4) is 0 Å². The van der Waals surface area contributed by atoms with Crippen molar-refractivity contribution in [2.45, 2.75) is 32.7 Å². The highest BCUT2D eigenvalue weighted by Gasteiger charge is 2.34. The first-order valence-corrected chi connectivity index (χ1v) is 6.36. The third-order valence-electron chi connectivity index (χ3n) is 3.43. The number of aliphatic carboxylic acids is 1. The number of likely N-dealkylation sites (tertiary alicyclic amines) is 1. The highest BCUT2D eigenvalue weighted by Crippen LogP contribution is 2.21. The molecule has 1 aromatic rings. The van der Waals surface area contributed by atoms with Crippen LogP contribution in [0.4, 0.5) is 10.5 Å². The molecule has 1 aliphatic rings. The number of aryl methyl sites for hydroxylation is 2. The average Bonchev–Trinajstić information content (AvgIpc) is 2.83. The van der Waals surface area contributed by atoms with Crippen LogP contribution < -0.4 is 5.32 Å². The molecule has 19 heavy (non-hydrogen) atoms. The lowest BCUT2D eigenvalue weighted by molar-refractivity contribution is -0.141. The zero-order chi connectivity index (χ0) is 14.0. The van der Waals surface area contributed by atoms with E-state index in [1.807, 2.05) is 32.0 Å². The van der Waals surface area contributed by atoms with Gasteiger partial charge in [0.25, 0.3) is 0 Å². The minimum Gasteiger partial charge on any atom is -0.480 e. The number of carbonyl (C=O) groups is 2. The number of rotatable bonds is 2. The number of hydrogen-bond acceptors (Lipinski definition) is 2. The third-order valence-corrected chi connectivity index (χ3v) is 3.43. The van der Waals surface area contributed by atoms with Crippen LogP contribution >= 0.6 is 0 Å². The largest absolute Gasteiger partial charge is 0.480 e. The predicted molar refractivity (Wildman–Crippen MR) is 72.3 cm³/mol. The number of carbonyl (C=O) groups excluding carboxylic acids is 1. The number of nitrogens with zero attached hydrogens (tertiary/aromatic N) is 1. The second kappa shape index (κ2) is 5.30. The Hall–Kier alpha value is -2.04. The molecule has 1 saturated heterocycles. The maximum absolute atomic E-state index is 12.1. The maximum Gasteiger partial charge on any atom is 0.326 e. The van der Waals surface area contributed by atoms with E-state index in [9.17, 15) is 9.59 Å². The Morgan fingerprint density at radius 2 is 2.11 bits per heavy atom. The summed E-state index contributed by atoms with van der Waals surface area (Å²) >= 11 is 0. The van der Waals surface area contributed by atoms with Crippen LogP contribution in [-0.2, 0) is 4.79 Å². The van der Waals surface area contributed by atoms with Gasteiger partial charge < -0.3 is 15.3 Å². The number of carboxylic acids is 1. The van der Waals surface area contributed by atoms with Gasteiger partial charge in [0.05, 0.1) is 0 Å². The van der Waals surface area contributed by atoms with Crippen molar-refractivity contribution in [1.29, 1.82) is 0 Å². The van der Waals surface area contributed by atoms with Crippen LogP contribution in [0.3, 0.4) is 0 Å². The van der Waals surface area contributed by atoms with Gasteiger partial charge in [0.1, 0.15) is 6.04 Å². The number of benzene rings is 1. The van der Waals surface area contributed by atoms with Gasteiger partial charge in [0.15, 0.2) is 0 Å². The van der Waals surface area contributed by atoms with Crippen molar-refractivity contribution >= 4 is 17.7 Å². The van der Waals surface area contributed by atoms with Crippen LogP contribution in [0.15, 0.2) is 18.2 Å². The molecule has 0 radical (unpaired) electrons. The van der Waals surface area contributed by atoms with E-state index in [1.54, 1.807) is 0 Å². The van der Waals surface area contributed by atoms with Gasteiger partial charge in [0.2, 0.25) is 0 Å². The van der Waals surface area contributed by atoms with E-state index in [0.717, 1.165) is 23.2 Å². The minimum atomic E-state index is -0.936. The van der Waals surface area contributed by atoms with Gasteiger partial charge in [-0.15, -0.1) is 0 Å². The first-order valence-electron chi connectivity index (χ1n) is 6.36. The monoisotopic (exact) mass is 262 g/mol. The fourth-order valence-electron chi connectivity index (χ4n) is 2.32. The van der Waals surface area contributed by atoms with Crippen molar-refractivity contribution in [2.24, 2.45) is 0 Å². The lowest BCUT2D eigenvalue weighted by atomic mass is 10.1. The Kier molecular flexibility index (Phi) is 3.74. The van der Waals surface area contributed by atoms with E-state index < -0.39 is 12.0 Å². The van der Waals surface area contributed by atoms with Crippen molar-refractivity contribution < 1.29 is 14.7 Å². The summed E-state index contributed by atoms with van der Waals surface area (Å²) in [4.78, 5) is 24.6. The number of urea groups is 1. The zero-order valence-corrected chi connectivity index (χ0v) is 11.1. The number of hydrogen-bond donors (Lipinski definition) is 2. The van der Waals surface area contributed by atoms with Gasteiger partial charge in [0, 0.05) is 12.2 Å². The number of amides is 2. The molecule has 0 saturated carbocycles. The van der Waals surface area contributed by atoms with Gasteiger partial charge >= 0.3 is 12.0 Å². The smallest absolute Gasteiger partial charge is 0.326 e. The van der Waals surface area contributed by atoms with Crippen molar-refractivity contribution in [2.75, 3.05) is 11.9 Å². The van der Waals surface area contributed by atoms with Crippen LogP contribution in [0.25, 0.3) is 0 Å². The van der Waals surface area contributed by atoms with E-state index in [-0.39, 0.29) is 6.03 Å². The Balaban J connectivity index is 2.12. The Labute approximate surface area is 112 Å². The molecule has 0 aromatic heterocycles. The van der Waals surface area contributed by atoms with E-state index in [4.69, 9.17) is 5.11 Å². The van der Waals surface area contributed by atoms with Gasteiger partial charge in [-0.1, -0.05) is 12.1 Å². The summed E-state index contributed by atoms with van der Waals surface area (Å²) in [5.74, 6) is -0.936. The molecule has 0 bridgehead atoms. The SMILES string of the molecule is Cc1ccc(C)c(NC(=O)N2CCC[C@@H]2C(=O)O)c1. The van der Waals surface area contributed by atoms with Gasteiger partial charge in [-0.3, -0.25) is 0 Å². The summed E-state index contributed by atoms with van der Waals surface area (Å²) in [6, 6.07) is 4.76. The number of nitrogens with one attached hydrogen (secondary N) is 1. The van der Waals surface area contributed by atoms with Crippen molar-refractivity contribution in [3.05, 3.63) is 29.3 Å². The van der Waals surface area contributed by atoms with Gasteiger partial charge in [-0.05, 0) is 43.9 Å². The Morgan fingerprint density at radius 3 is 2.79 bits per heavy atom. The average molecular weight is 262 g/mol. The summed E-state index contributed by atoms with van der Waals surface area (Å²) in [6.45, 7) is 4.35. The fraction of sp³-hybridized carbons (Fsp3) is 0.429. The second-order valence-corrected chi connectivity index (χ2v) is 4.94. The highest BCUT2D eigenvalue weighted by molar-refractivity contribution is 5.93. The molecule has 1 heterocycles. The van der Waals surface area contributed by atoms with Crippen LogP contribution in [-0.4, -0.2) is 34.6 Å². The van der Waals surface area contributed by atoms with Crippen molar-refractivity contribution in [1.82, 2.24) is 4.90 Å². The lowest BCUT2D eigenvalue weighted by Crippen LogP contribution is -2.42. The van der Waals surface area contributed by atoms with E-state index in [2.05, 4.69) is 5.32 Å². The molecule has 5 nitrogen and oxygen atoms in total. The van der Waals surface area contributed by atoms with E-state index in [1.165, 1.54) is 4.90 Å². The molecule has 0 spiro atoms. The summed E-state index contributed by atoms with van der Waals surface area (Å²) < 4.78 is 0. The number of carboxylic acid groups (broad SMARTS) is 1. The van der Waals surface area contributed by atoms with Gasteiger partial charge in [-0.25, -0.2) is 9.59 Å². The quantitative estimate of drug-likeness (QED) is 0.859. The molecule has 0 unspecified atom stereocenters. The highest BCUT2D eigenvalue weighted by atomic mass is 16.4. The molecule has 2 amide bonds. The summed E-state index contributed by atoms with van der Waals surface area (Å²) in [5.41, 5.74) is 2.75. The van der Waals surface area contributed by atoms with Crippen LogP contribution in [0.2, 0.25) is 0 Å². The normalized spacial score (nSPS) is 18.4. The fourth-order valence-corrected chi connectivity index (χ4v) is 2.32. The predicted octanol–water partition coefficient (Wildman–Crippen LogP) is 2.38. The van der Waals surface area contributed by atoms with Crippen LogP contribution in [0, 0.1) is 13.8 Å². The molecule has 1 atom stereocenters. The van der Waals surface area contributed by atoms with Gasteiger partial charge in [-0.2, -0.15) is 0 Å². The number of anilines is 1. The Morgan fingerprint density at radius 1 is 1.37 bits per heavy atom. The lowest BCUT2D eigenvalue weighted by Gasteiger charge is -2.22. The second-order valence-electron chi connectivity index (χ2n) is 4.94. The summed E-state index contributed by atoms with van der Waals surface area (Å²) in [6.07, 6.45) is 1.26. The van der Waals surface area contributed by atoms with E-state index in [0.29, 0.717) is 13.0 Å². The molecule has 0 aliphatic carbocycles. The molecular formula is C14H18N2O3. The molecule has 2 N–H and O–H groups in total. The van der Waals surface area contributed by atoms with Crippen molar-refractivity contribution in [3.63, 3.8) is 0 Å². The molecule has 1 aromatic carbocycles. The Bertz CT molecular complexity index is 513. The topological polar surface area (TPSA) is 69.6 Å².